The molecule has 1 unspecified atom stereocenters. The van der Waals surface area contributed by atoms with E-state index in [1.807, 2.05) is 31.2 Å². The van der Waals surface area contributed by atoms with Gasteiger partial charge in [0.2, 0.25) is 11.8 Å². The number of carbonyl (C=O) groups excluding carboxylic acids is 2. The highest BCUT2D eigenvalue weighted by Crippen LogP contribution is 2.27. The van der Waals surface area contributed by atoms with Crippen LogP contribution in [0.15, 0.2) is 48.5 Å². The van der Waals surface area contributed by atoms with E-state index in [0.29, 0.717) is 24.0 Å². The van der Waals surface area contributed by atoms with Crippen LogP contribution in [0.2, 0.25) is 5.02 Å². The van der Waals surface area contributed by atoms with Crippen LogP contribution in [0.25, 0.3) is 5.69 Å². The zero-order chi connectivity index (χ0) is 21.8. The van der Waals surface area contributed by atoms with Gasteiger partial charge in [0.1, 0.15) is 5.75 Å². The number of nitrogens with zero attached hydrogens (tertiary/aromatic N) is 5. The third kappa shape index (κ3) is 4.66. The van der Waals surface area contributed by atoms with E-state index >= 15 is 0 Å². The van der Waals surface area contributed by atoms with Crippen molar-refractivity contribution < 1.29 is 14.3 Å². The van der Waals surface area contributed by atoms with Gasteiger partial charge in [0.25, 0.3) is 0 Å². The summed E-state index contributed by atoms with van der Waals surface area (Å²) in [5.41, 5.74) is 1.48. The van der Waals surface area contributed by atoms with Crippen molar-refractivity contribution in [2.45, 2.75) is 19.9 Å². The summed E-state index contributed by atoms with van der Waals surface area (Å²) in [6.45, 7) is 2.95. The monoisotopic (exact) mass is 440 g/mol. The number of rotatable bonds is 7. The van der Waals surface area contributed by atoms with Crippen molar-refractivity contribution in [1.29, 1.82) is 0 Å². The van der Waals surface area contributed by atoms with E-state index in [-0.39, 0.29) is 24.8 Å². The Morgan fingerprint density at radius 3 is 2.58 bits per heavy atom. The Kier molecular flexibility index (Phi) is 6.13. The molecule has 31 heavy (non-hydrogen) atoms. The number of carbonyl (C=O) groups is 2. The van der Waals surface area contributed by atoms with Gasteiger partial charge >= 0.3 is 0 Å². The lowest BCUT2D eigenvalue weighted by molar-refractivity contribution is -0.126. The Morgan fingerprint density at radius 2 is 1.87 bits per heavy atom. The van der Waals surface area contributed by atoms with Gasteiger partial charge in [-0.1, -0.05) is 11.6 Å². The molecule has 0 aliphatic carbocycles. The Hall–Kier alpha value is -3.46. The van der Waals surface area contributed by atoms with Crippen molar-refractivity contribution in [3.8, 4) is 11.4 Å². The van der Waals surface area contributed by atoms with Crippen molar-refractivity contribution in [3.05, 3.63) is 59.4 Å². The molecule has 0 saturated carbocycles. The Bertz CT molecular complexity index is 1070. The van der Waals surface area contributed by atoms with Crippen LogP contribution in [-0.2, 0) is 16.1 Å². The van der Waals surface area contributed by atoms with Gasteiger partial charge in [-0.25, -0.2) is 0 Å². The summed E-state index contributed by atoms with van der Waals surface area (Å²) in [6.07, 6.45) is 0.154. The van der Waals surface area contributed by atoms with Gasteiger partial charge in [-0.05, 0) is 65.9 Å². The van der Waals surface area contributed by atoms with Gasteiger partial charge in [-0.3, -0.25) is 9.59 Å². The first kappa shape index (κ1) is 20.8. The van der Waals surface area contributed by atoms with Crippen LogP contribution in [0, 0.1) is 5.92 Å². The number of hydrogen-bond donors (Lipinski definition) is 1. The molecule has 1 fully saturated rings. The Morgan fingerprint density at radius 1 is 1.16 bits per heavy atom. The van der Waals surface area contributed by atoms with Gasteiger partial charge in [0, 0.05) is 23.7 Å². The normalized spacial score (nSPS) is 15.9. The molecule has 1 aliphatic rings. The van der Waals surface area contributed by atoms with E-state index < -0.39 is 5.92 Å². The number of hydrogen-bond acceptors (Lipinski definition) is 6. The number of benzene rings is 2. The molecule has 9 nitrogen and oxygen atoms in total. The van der Waals surface area contributed by atoms with Crippen molar-refractivity contribution in [1.82, 2.24) is 25.5 Å². The fourth-order valence-corrected chi connectivity index (χ4v) is 3.56. The highest BCUT2D eigenvalue weighted by Gasteiger charge is 2.35. The van der Waals surface area contributed by atoms with E-state index in [1.54, 1.807) is 29.2 Å². The molecule has 1 atom stereocenters. The number of tetrazole rings is 1. The average Bonchev–Trinajstić information content (AvgIpc) is 3.40. The van der Waals surface area contributed by atoms with Crippen molar-refractivity contribution in [3.63, 3.8) is 0 Å². The highest BCUT2D eigenvalue weighted by atomic mass is 35.5. The Balaban J connectivity index is 1.37. The molecular weight excluding hydrogens is 420 g/mol. The minimum atomic E-state index is -0.445. The summed E-state index contributed by atoms with van der Waals surface area (Å²) < 4.78 is 6.96. The molecule has 1 aliphatic heterocycles. The quantitative estimate of drug-likeness (QED) is 0.605. The van der Waals surface area contributed by atoms with E-state index in [0.717, 1.165) is 17.1 Å². The fraction of sp³-hybridized carbons (Fsp3) is 0.286. The van der Waals surface area contributed by atoms with Crippen LogP contribution in [0.4, 0.5) is 5.69 Å². The average molecular weight is 441 g/mol. The zero-order valence-corrected chi connectivity index (χ0v) is 17.6. The van der Waals surface area contributed by atoms with Crippen LogP contribution >= 0.6 is 11.6 Å². The molecule has 0 bridgehead atoms. The molecule has 2 heterocycles. The predicted octanol–water partition coefficient (Wildman–Crippen LogP) is 2.38. The predicted molar refractivity (Wildman–Crippen MR) is 114 cm³/mol. The maximum absolute atomic E-state index is 12.7. The van der Waals surface area contributed by atoms with Crippen LogP contribution in [-0.4, -0.2) is 45.2 Å². The summed E-state index contributed by atoms with van der Waals surface area (Å²) in [5.74, 6) is 0.468. The van der Waals surface area contributed by atoms with E-state index in [4.69, 9.17) is 16.3 Å². The first-order valence-corrected chi connectivity index (χ1v) is 10.3. The SMILES string of the molecule is CCOc1ccc(N2CC(C(=O)NCc3nnnn3-c3ccc(Cl)cc3)CC2=O)cc1. The third-order valence-electron chi connectivity index (χ3n) is 4.98. The van der Waals surface area contributed by atoms with E-state index in [9.17, 15) is 9.59 Å². The fourth-order valence-electron chi connectivity index (χ4n) is 3.43. The lowest BCUT2D eigenvalue weighted by atomic mass is 10.1. The number of aromatic nitrogens is 4. The maximum atomic E-state index is 12.7. The second-order valence-electron chi connectivity index (χ2n) is 7.03. The first-order valence-electron chi connectivity index (χ1n) is 9.89. The van der Waals surface area contributed by atoms with Crippen LogP contribution in [0.1, 0.15) is 19.2 Å². The third-order valence-corrected chi connectivity index (χ3v) is 5.23. The van der Waals surface area contributed by atoms with Crippen LogP contribution in [0.5, 0.6) is 5.75 Å². The molecule has 0 spiro atoms. The zero-order valence-electron chi connectivity index (χ0n) is 16.9. The van der Waals surface area contributed by atoms with Crippen LogP contribution < -0.4 is 15.0 Å². The number of amides is 2. The molecule has 1 aromatic heterocycles. The van der Waals surface area contributed by atoms with Gasteiger partial charge in [0.05, 0.1) is 24.8 Å². The lowest BCUT2D eigenvalue weighted by Crippen LogP contribution is -2.33. The molecule has 10 heteroatoms. The lowest BCUT2D eigenvalue weighted by Gasteiger charge is -2.17. The minimum absolute atomic E-state index is 0.0877. The summed E-state index contributed by atoms with van der Waals surface area (Å²) in [4.78, 5) is 26.8. The molecule has 2 aromatic carbocycles. The molecule has 4 rings (SSSR count). The van der Waals surface area contributed by atoms with Gasteiger partial charge in [-0.15, -0.1) is 5.10 Å². The smallest absolute Gasteiger partial charge is 0.227 e. The molecule has 2 amide bonds. The number of anilines is 1. The maximum Gasteiger partial charge on any atom is 0.227 e. The molecule has 1 N–H and O–H groups in total. The van der Waals surface area contributed by atoms with E-state index in [1.165, 1.54) is 4.68 Å². The second-order valence-corrected chi connectivity index (χ2v) is 7.47. The summed E-state index contributed by atoms with van der Waals surface area (Å²) >= 11 is 5.92. The Labute approximate surface area is 183 Å². The molecule has 3 aromatic rings. The largest absolute Gasteiger partial charge is 0.494 e. The van der Waals surface area contributed by atoms with Gasteiger partial charge in [0.15, 0.2) is 5.82 Å². The summed E-state index contributed by atoms with van der Waals surface area (Å²) in [7, 11) is 0. The number of ether oxygens (including phenoxy) is 1. The minimum Gasteiger partial charge on any atom is -0.494 e. The van der Waals surface area contributed by atoms with Gasteiger partial charge < -0.3 is 15.0 Å². The van der Waals surface area contributed by atoms with Crippen molar-refractivity contribution >= 4 is 29.1 Å². The summed E-state index contributed by atoms with van der Waals surface area (Å²) in [5, 5.41) is 15.1. The highest BCUT2D eigenvalue weighted by molar-refractivity contribution is 6.30. The number of halogens is 1. The van der Waals surface area contributed by atoms with Crippen molar-refractivity contribution in [2.24, 2.45) is 5.92 Å². The second kappa shape index (κ2) is 9.13. The number of nitrogens with one attached hydrogen (secondary N) is 1. The molecule has 1 saturated heterocycles. The molecule has 0 radical (unpaired) electrons. The first-order chi connectivity index (χ1) is 15.0. The van der Waals surface area contributed by atoms with Crippen LogP contribution in [0.3, 0.4) is 0 Å². The topological polar surface area (TPSA) is 102 Å². The molecule has 160 valence electrons. The standard InChI is InChI=1S/C21H21ClN6O3/c1-2-31-18-9-7-16(8-10-18)27-13-14(11-20(27)29)21(30)23-12-19-24-25-26-28(19)17-5-3-15(22)4-6-17/h3-10,14H,2,11-13H2,1H3,(H,23,30). The van der Waals surface area contributed by atoms with Crippen molar-refractivity contribution in [2.75, 3.05) is 18.1 Å². The van der Waals surface area contributed by atoms with E-state index in [2.05, 4.69) is 20.8 Å². The molecular formula is C21H21ClN6O3. The summed E-state index contributed by atoms with van der Waals surface area (Å²) in [6, 6.07) is 14.3. The van der Waals surface area contributed by atoms with Gasteiger partial charge in [-0.2, -0.15) is 4.68 Å².